The maximum atomic E-state index is 10.8. The summed E-state index contributed by atoms with van der Waals surface area (Å²) in [5.74, 6) is -2.89. The van der Waals surface area contributed by atoms with Gasteiger partial charge >= 0.3 is 57.4 Å². The zero-order chi connectivity index (χ0) is 8.88. The van der Waals surface area contributed by atoms with Gasteiger partial charge in [0.05, 0.1) is 12.4 Å². The molecule has 64 valence electrons. The zero-order valence-electron chi connectivity index (χ0n) is 6.85. The minimum atomic E-state index is -1.59. The molecule has 0 aromatic carbocycles. The van der Waals surface area contributed by atoms with Crippen LogP contribution in [0.1, 0.15) is 6.42 Å². The number of carboxylic acids is 1. The van der Waals surface area contributed by atoms with Crippen LogP contribution in [0.25, 0.3) is 0 Å². The van der Waals surface area contributed by atoms with Gasteiger partial charge in [-0.15, -0.1) is 0 Å². The fourth-order valence-corrected chi connectivity index (χ4v) is 1.33. The Bertz CT molecular complexity index is 291. The maximum absolute atomic E-state index is 10.8. The van der Waals surface area contributed by atoms with E-state index in [1.165, 1.54) is 0 Å². The summed E-state index contributed by atoms with van der Waals surface area (Å²) in [4.78, 5) is 32.8. The normalized spacial score (nSPS) is 30.0. The average molecular weight is 209 g/mol. The van der Waals surface area contributed by atoms with Gasteiger partial charge in [-0.2, -0.15) is 0 Å². The van der Waals surface area contributed by atoms with Crippen LogP contribution in [0.15, 0.2) is 0 Å². The van der Waals surface area contributed by atoms with Crippen molar-refractivity contribution in [3.05, 3.63) is 0 Å². The summed E-state index contributed by atoms with van der Waals surface area (Å²) in [6, 6.07) is -1.53. The molecule has 0 aliphatic carbocycles. The second kappa shape index (κ2) is 3.66. The van der Waals surface area contributed by atoms with Crippen molar-refractivity contribution in [2.75, 3.05) is 0 Å². The van der Waals surface area contributed by atoms with Crippen molar-refractivity contribution in [3.63, 3.8) is 0 Å². The molecule has 0 bridgehead atoms. The van der Waals surface area contributed by atoms with Crippen molar-refractivity contribution in [3.8, 4) is 0 Å². The zero-order valence-corrected chi connectivity index (χ0v) is 9.97. The third kappa shape index (κ3) is 1.55. The van der Waals surface area contributed by atoms with Crippen molar-refractivity contribution in [1.29, 1.82) is 0 Å². The molecule has 7 heteroatoms. The molecule has 0 spiro atoms. The van der Waals surface area contributed by atoms with Gasteiger partial charge in [0.25, 0.3) is 0 Å². The van der Waals surface area contributed by atoms with E-state index in [0.717, 1.165) is 4.90 Å². The molecule has 0 radical (unpaired) electrons. The standard InChI is InChI=1S/C6H5NO5.K/c8-2-1-3-7(2)4(5(9)10)6(11)12-3;/h3-4H,1H2,(H,9,10);/q;+1/p-1. The molecule has 2 aliphatic heterocycles. The summed E-state index contributed by atoms with van der Waals surface area (Å²) in [7, 11) is 0. The maximum Gasteiger partial charge on any atom is 1.00 e. The van der Waals surface area contributed by atoms with Crippen LogP contribution in [0.3, 0.4) is 0 Å². The van der Waals surface area contributed by atoms with Gasteiger partial charge in [0.1, 0.15) is 0 Å². The van der Waals surface area contributed by atoms with Gasteiger partial charge < -0.3 is 14.6 Å². The fourth-order valence-electron chi connectivity index (χ4n) is 1.33. The molecule has 2 heterocycles. The molecular formula is C6H4KNO5. The number of carboxylic acid groups (broad SMARTS) is 1. The number of esters is 1. The quantitative estimate of drug-likeness (QED) is 0.186. The number of aliphatic carboxylic acids is 1. The number of rotatable bonds is 1. The molecule has 1 amide bonds. The Labute approximate surface area is 116 Å². The van der Waals surface area contributed by atoms with E-state index in [1.54, 1.807) is 0 Å². The molecule has 2 aliphatic rings. The Morgan fingerprint density at radius 1 is 1.54 bits per heavy atom. The largest absolute Gasteiger partial charge is 1.00 e. The number of carbonyl (C=O) groups excluding carboxylic acids is 3. The molecule has 0 saturated carbocycles. The van der Waals surface area contributed by atoms with E-state index in [9.17, 15) is 19.5 Å². The van der Waals surface area contributed by atoms with Gasteiger partial charge in [0.15, 0.2) is 12.3 Å². The topological polar surface area (TPSA) is 86.7 Å². The second-order valence-electron chi connectivity index (χ2n) is 2.62. The van der Waals surface area contributed by atoms with E-state index in [0.29, 0.717) is 0 Å². The first-order chi connectivity index (χ1) is 5.61. The Hall–Kier alpha value is 0.0464. The Kier molecular flexibility index (Phi) is 3.13. The summed E-state index contributed by atoms with van der Waals surface area (Å²) >= 11 is 0. The minimum Gasteiger partial charge on any atom is -0.547 e. The first-order valence-electron chi connectivity index (χ1n) is 3.34. The Balaban J connectivity index is 0.000000845. The van der Waals surface area contributed by atoms with Gasteiger partial charge in [0.2, 0.25) is 5.91 Å². The molecule has 2 unspecified atom stereocenters. The van der Waals surface area contributed by atoms with Crippen molar-refractivity contribution < 1.29 is 75.6 Å². The third-order valence-electron chi connectivity index (χ3n) is 1.92. The van der Waals surface area contributed by atoms with Gasteiger partial charge in [-0.25, -0.2) is 4.79 Å². The molecular weight excluding hydrogens is 205 g/mol. The number of ether oxygens (including phenoxy) is 1. The first-order valence-corrected chi connectivity index (χ1v) is 3.34. The van der Waals surface area contributed by atoms with Crippen molar-refractivity contribution in [1.82, 2.24) is 4.90 Å². The van der Waals surface area contributed by atoms with Crippen LogP contribution in [0.4, 0.5) is 0 Å². The summed E-state index contributed by atoms with van der Waals surface area (Å²) in [6.45, 7) is 0. The molecule has 13 heavy (non-hydrogen) atoms. The van der Waals surface area contributed by atoms with Crippen LogP contribution >= 0.6 is 0 Å². The Morgan fingerprint density at radius 3 is 2.54 bits per heavy atom. The van der Waals surface area contributed by atoms with E-state index < -0.39 is 24.2 Å². The summed E-state index contributed by atoms with van der Waals surface area (Å²) in [6.07, 6.45) is -0.594. The SMILES string of the molecule is O=C([O-])C1C(=O)OC2CC(=O)N21.[K+]. The summed E-state index contributed by atoms with van der Waals surface area (Å²) in [5.41, 5.74) is 0. The molecule has 2 atom stereocenters. The molecule has 6 nitrogen and oxygen atoms in total. The molecule has 2 rings (SSSR count). The van der Waals surface area contributed by atoms with Crippen LogP contribution in [-0.2, 0) is 19.1 Å². The predicted octanol–water partition coefficient (Wildman–Crippen LogP) is -5.78. The van der Waals surface area contributed by atoms with Crippen molar-refractivity contribution in [2.45, 2.75) is 18.7 Å². The predicted molar refractivity (Wildman–Crippen MR) is 30.1 cm³/mol. The van der Waals surface area contributed by atoms with Crippen LogP contribution in [-0.4, -0.2) is 35.0 Å². The van der Waals surface area contributed by atoms with Gasteiger partial charge in [-0.1, -0.05) is 0 Å². The molecule has 2 saturated heterocycles. The molecule has 0 N–H and O–H groups in total. The average Bonchev–Trinajstić information content (AvgIpc) is 2.22. The van der Waals surface area contributed by atoms with Crippen LogP contribution < -0.4 is 56.5 Å². The monoisotopic (exact) mass is 209 g/mol. The van der Waals surface area contributed by atoms with E-state index in [4.69, 9.17) is 0 Å². The van der Waals surface area contributed by atoms with E-state index >= 15 is 0 Å². The van der Waals surface area contributed by atoms with Gasteiger partial charge in [-0.05, 0) is 0 Å². The molecule has 2 fully saturated rings. The number of fused-ring (bicyclic) bond motifs is 1. The number of hydrogen-bond acceptors (Lipinski definition) is 5. The van der Waals surface area contributed by atoms with Gasteiger partial charge in [-0.3, -0.25) is 9.69 Å². The summed E-state index contributed by atoms with van der Waals surface area (Å²) < 4.78 is 4.55. The number of β-lactam (4-membered cyclic amide) rings is 1. The fraction of sp³-hybridized carbons (Fsp3) is 0.500. The van der Waals surface area contributed by atoms with Gasteiger partial charge in [0, 0.05) is 0 Å². The molecule has 0 aromatic heterocycles. The van der Waals surface area contributed by atoms with Crippen LogP contribution in [0.5, 0.6) is 0 Å². The van der Waals surface area contributed by atoms with E-state index in [2.05, 4.69) is 4.74 Å². The number of hydrogen-bond donors (Lipinski definition) is 0. The van der Waals surface area contributed by atoms with E-state index in [1.807, 2.05) is 0 Å². The van der Waals surface area contributed by atoms with E-state index in [-0.39, 0.29) is 63.7 Å². The number of amides is 1. The minimum absolute atomic E-state index is 0. The van der Waals surface area contributed by atoms with Crippen LogP contribution in [0, 0.1) is 0 Å². The second-order valence-corrected chi connectivity index (χ2v) is 2.62. The number of carbonyl (C=O) groups is 3. The molecule has 0 aromatic rings. The van der Waals surface area contributed by atoms with Crippen molar-refractivity contribution >= 4 is 17.8 Å². The van der Waals surface area contributed by atoms with Crippen molar-refractivity contribution in [2.24, 2.45) is 0 Å². The Morgan fingerprint density at radius 2 is 2.15 bits per heavy atom. The van der Waals surface area contributed by atoms with Crippen LogP contribution in [0.2, 0.25) is 0 Å². The smallest absolute Gasteiger partial charge is 0.547 e. The third-order valence-corrected chi connectivity index (χ3v) is 1.92. The summed E-state index contributed by atoms with van der Waals surface area (Å²) in [5, 5.41) is 10.3. The number of nitrogens with zero attached hydrogens (tertiary/aromatic N) is 1. The first kappa shape index (κ1) is 11.1.